The molecule has 6 aromatic carbocycles. The predicted molar refractivity (Wildman–Crippen MR) is 164 cm³/mol. The number of benzene rings is 6. The van der Waals surface area contributed by atoms with E-state index in [0.29, 0.717) is 0 Å². The van der Waals surface area contributed by atoms with Crippen molar-refractivity contribution in [2.45, 2.75) is 6.92 Å². The van der Waals surface area contributed by atoms with Gasteiger partial charge in [0.2, 0.25) is 0 Å². The molecule has 1 aromatic heterocycles. The monoisotopic (exact) mass is 486 g/mol. The van der Waals surface area contributed by atoms with Crippen molar-refractivity contribution in [3.63, 3.8) is 0 Å². The summed E-state index contributed by atoms with van der Waals surface area (Å²) in [6.07, 6.45) is 4.32. The second-order valence-corrected chi connectivity index (χ2v) is 9.78. The van der Waals surface area contributed by atoms with Gasteiger partial charge in [-0.2, -0.15) is 0 Å². The molecule has 0 N–H and O–H groups in total. The van der Waals surface area contributed by atoms with Crippen LogP contribution in [0.4, 0.5) is 0 Å². The molecule has 180 valence electrons. The van der Waals surface area contributed by atoms with Crippen LogP contribution in [0.2, 0.25) is 0 Å². The Morgan fingerprint density at radius 1 is 0.553 bits per heavy atom. The van der Waals surface area contributed by atoms with Crippen LogP contribution in [0.1, 0.15) is 23.6 Å². The summed E-state index contributed by atoms with van der Waals surface area (Å²) in [4.78, 5) is 0. The predicted octanol–water partition coefficient (Wildman–Crippen LogP) is 10.8. The van der Waals surface area contributed by atoms with E-state index < -0.39 is 0 Å². The third-order valence-electron chi connectivity index (χ3n) is 7.63. The minimum Gasteiger partial charge on any atom is -0.455 e. The molecule has 0 radical (unpaired) electrons. The molecule has 0 amide bonds. The molecular weight excluding hydrogens is 460 g/mol. The molecule has 0 aliphatic heterocycles. The molecule has 0 unspecified atom stereocenters. The molecule has 0 bridgehead atoms. The first-order chi connectivity index (χ1) is 18.7. The van der Waals surface area contributed by atoms with Crippen molar-refractivity contribution in [1.29, 1.82) is 0 Å². The Hall–Kier alpha value is -4.88. The van der Waals surface area contributed by atoms with Crippen LogP contribution >= 0.6 is 0 Å². The smallest absolute Gasteiger partial charge is 0.143 e. The maximum absolute atomic E-state index is 6.40. The van der Waals surface area contributed by atoms with E-state index in [2.05, 4.69) is 123 Å². The van der Waals surface area contributed by atoms with Crippen molar-refractivity contribution >= 4 is 61.2 Å². The lowest BCUT2D eigenvalue weighted by Gasteiger charge is -2.15. The Morgan fingerprint density at radius 2 is 1.11 bits per heavy atom. The highest BCUT2D eigenvalue weighted by Gasteiger charge is 2.16. The zero-order chi connectivity index (χ0) is 25.6. The molecule has 0 atom stereocenters. The first kappa shape index (κ1) is 22.3. The van der Waals surface area contributed by atoms with Crippen LogP contribution in [0, 0.1) is 0 Å². The van der Waals surface area contributed by atoms with Crippen LogP contribution < -0.4 is 0 Å². The van der Waals surface area contributed by atoms with E-state index in [1.807, 2.05) is 18.2 Å². The van der Waals surface area contributed by atoms with Gasteiger partial charge in [-0.1, -0.05) is 128 Å². The first-order valence-electron chi connectivity index (χ1n) is 13.0. The molecule has 1 nitrogen and oxygen atoms in total. The molecule has 0 spiro atoms. The highest BCUT2D eigenvalue weighted by molar-refractivity contribution is 6.16. The van der Waals surface area contributed by atoms with Gasteiger partial charge in [-0.15, -0.1) is 0 Å². The zero-order valence-corrected chi connectivity index (χ0v) is 21.2. The molecule has 38 heavy (non-hydrogen) atoms. The fourth-order valence-electron chi connectivity index (χ4n) is 5.89. The normalized spacial score (nSPS) is 12.1. The summed E-state index contributed by atoms with van der Waals surface area (Å²) in [6.45, 7) is 6.41. The number of allylic oxidation sites excluding steroid dienone is 1. The fraction of sp³-hybridized carbons (Fsp3) is 0.0270. The highest BCUT2D eigenvalue weighted by atomic mass is 16.3. The number of furan rings is 1. The molecule has 0 fully saturated rings. The highest BCUT2D eigenvalue weighted by Crippen LogP contribution is 2.40. The van der Waals surface area contributed by atoms with Gasteiger partial charge in [0.15, 0.2) is 0 Å². The summed E-state index contributed by atoms with van der Waals surface area (Å²) < 4.78 is 6.40. The van der Waals surface area contributed by atoms with Gasteiger partial charge in [-0.05, 0) is 62.4 Å². The van der Waals surface area contributed by atoms with E-state index >= 15 is 0 Å². The Labute approximate surface area is 222 Å². The Balaban J connectivity index is 1.48. The second kappa shape index (κ2) is 8.90. The van der Waals surface area contributed by atoms with Crippen molar-refractivity contribution in [3.05, 3.63) is 139 Å². The number of para-hydroxylation sites is 2. The third kappa shape index (κ3) is 3.40. The Morgan fingerprint density at radius 3 is 1.84 bits per heavy atom. The van der Waals surface area contributed by atoms with Crippen molar-refractivity contribution in [2.75, 3.05) is 0 Å². The lowest BCUT2D eigenvalue weighted by atomic mass is 9.88. The van der Waals surface area contributed by atoms with Gasteiger partial charge in [0.05, 0.1) is 0 Å². The van der Waals surface area contributed by atoms with Crippen LogP contribution in [0.25, 0.3) is 72.3 Å². The molecule has 0 aliphatic rings. The van der Waals surface area contributed by atoms with E-state index in [1.54, 1.807) is 0 Å². The molecule has 7 aromatic rings. The van der Waals surface area contributed by atoms with Crippen molar-refractivity contribution in [3.8, 4) is 11.1 Å². The minimum atomic E-state index is 0.915. The summed E-state index contributed by atoms with van der Waals surface area (Å²) >= 11 is 0. The summed E-state index contributed by atoms with van der Waals surface area (Å²) in [7, 11) is 0. The lowest BCUT2D eigenvalue weighted by Crippen LogP contribution is -1.92. The number of rotatable bonds is 4. The van der Waals surface area contributed by atoms with Crippen LogP contribution in [0.3, 0.4) is 0 Å². The Kier molecular flexibility index (Phi) is 5.23. The number of hydrogen-bond acceptors (Lipinski definition) is 1. The largest absolute Gasteiger partial charge is 0.455 e. The summed E-state index contributed by atoms with van der Waals surface area (Å²) in [5.74, 6) is 0. The average Bonchev–Trinajstić information content (AvgIpc) is 3.36. The summed E-state index contributed by atoms with van der Waals surface area (Å²) in [5, 5.41) is 7.26. The second-order valence-electron chi connectivity index (χ2n) is 9.78. The zero-order valence-electron chi connectivity index (χ0n) is 21.2. The fourth-order valence-corrected chi connectivity index (χ4v) is 5.89. The van der Waals surface area contributed by atoms with Gasteiger partial charge in [0.25, 0.3) is 0 Å². The molecule has 0 saturated carbocycles. The molecule has 7 rings (SSSR count). The van der Waals surface area contributed by atoms with Gasteiger partial charge < -0.3 is 4.42 Å². The lowest BCUT2D eigenvalue weighted by molar-refractivity contribution is 0.670. The van der Waals surface area contributed by atoms with Crippen molar-refractivity contribution in [2.24, 2.45) is 0 Å². The van der Waals surface area contributed by atoms with Crippen LogP contribution in [0.15, 0.2) is 126 Å². The van der Waals surface area contributed by atoms with E-state index in [9.17, 15) is 0 Å². The maximum atomic E-state index is 6.40. The van der Waals surface area contributed by atoms with E-state index in [4.69, 9.17) is 4.42 Å². The van der Waals surface area contributed by atoms with Gasteiger partial charge >= 0.3 is 0 Å². The minimum absolute atomic E-state index is 0.915. The van der Waals surface area contributed by atoms with Gasteiger partial charge in [-0.25, -0.2) is 0 Å². The number of fused-ring (bicyclic) bond motifs is 6. The van der Waals surface area contributed by atoms with Crippen molar-refractivity contribution < 1.29 is 4.42 Å². The van der Waals surface area contributed by atoms with Crippen LogP contribution in [0.5, 0.6) is 0 Å². The van der Waals surface area contributed by atoms with E-state index in [-0.39, 0.29) is 0 Å². The molecular formula is C37H26O. The average molecular weight is 487 g/mol. The van der Waals surface area contributed by atoms with Gasteiger partial charge in [0, 0.05) is 16.3 Å². The number of hydrogen-bond donors (Lipinski definition) is 0. The topological polar surface area (TPSA) is 13.1 Å². The molecule has 1 heteroatoms. The quantitative estimate of drug-likeness (QED) is 0.178. The molecule has 0 saturated heterocycles. The van der Waals surface area contributed by atoms with Crippen LogP contribution in [-0.4, -0.2) is 0 Å². The molecule has 0 aliphatic carbocycles. The van der Waals surface area contributed by atoms with Crippen LogP contribution in [-0.2, 0) is 0 Å². The standard InChI is InChI=1S/C37H26O/c1-3-25-27-14-6-7-16-29(27)30-17-8-9-18-31(30)35(25)23-24(2)26-13-4-5-15-28(26)33-20-12-21-34-32-19-10-11-22-36(32)38-37(33)34/h3-23H,1H2,2H3/b24-23+. The van der Waals surface area contributed by atoms with Gasteiger partial charge in [-0.3, -0.25) is 0 Å². The van der Waals surface area contributed by atoms with E-state index in [0.717, 1.165) is 38.6 Å². The third-order valence-corrected chi connectivity index (χ3v) is 7.63. The summed E-state index contributed by atoms with van der Waals surface area (Å²) in [5.41, 5.74) is 8.85. The first-order valence-corrected chi connectivity index (χ1v) is 13.0. The Bertz CT molecular complexity index is 2050. The summed E-state index contributed by atoms with van der Waals surface area (Å²) in [6, 6.07) is 40.6. The van der Waals surface area contributed by atoms with E-state index in [1.165, 1.54) is 38.2 Å². The van der Waals surface area contributed by atoms with Gasteiger partial charge in [0.1, 0.15) is 11.2 Å². The molecule has 1 heterocycles. The SMILES string of the molecule is C=Cc1c(/C=C(\C)c2ccccc2-c2cccc3c2oc2ccccc23)c2ccccc2c2ccccc12. The maximum Gasteiger partial charge on any atom is 0.143 e. The van der Waals surface area contributed by atoms with Crippen molar-refractivity contribution in [1.82, 2.24) is 0 Å².